The number of esters is 1. The lowest BCUT2D eigenvalue weighted by Gasteiger charge is -2.06. The van der Waals surface area contributed by atoms with Crippen molar-refractivity contribution >= 4 is 17.6 Å². The number of anilines is 1. The van der Waals surface area contributed by atoms with Gasteiger partial charge in [-0.3, -0.25) is 9.48 Å². The third-order valence-corrected chi connectivity index (χ3v) is 2.62. The van der Waals surface area contributed by atoms with Crippen LogP contribution in [0.4, 0.5) is 5.69 Å². The summed E-state index contributed by atoms with van der Waals surface area (Å²) in [6.45, 7) is 0. The Balaban J connectivity index is 2.10. The summed E-state index contributed by atoms with van der Waals surface area (Å²) >= 11 is 0. The average molecular weight is 259 g/mol. The Hall–Kier alpha value is -2.63. The normalized spacial score (nSPS) is 10.0. The van der Waals surface area contributed by atoms with Crippen molar-refractivity contribution in [3.63, 3.8) is 0 Å². The van der Waals surface area contributed by atoms with Crippen LogP contribution in [0.5, 0.6) is 0 Å². The number of carbonyl (C=O) groups is 2. The molecule has 0 aliphatic rings. The molecule has 1 heterocycles. The van der Waals surface area contributed by atoms with Crippen LogP contribution >= 0.6 is 0 Å². The number of ether oxygens (including phenoxy) is 1. The second-order valence-corrected chi connectivity index (χ2v) is 3.86. The van der Waals surface area contributed by atoms with Gasteiger partial charge in [-0.1, -0.05) is 0 Å². The predicted molar refractivity (Wildman–Crippen MR) is 68.9 cm³/mol. The van der Waals surface area contributed by atoms with Crippen molar-refractivity contribution < 1.29 is 14.3 Å². The highest BCUT2D eigenvalue weighted by molar-refractivity contribution is 6.03. The van der Waals surface area contributed by atoms with Gasteiger partial charge in [0, 0.05) is 18.9 Å². The summed E-state index contributed by atoms with van der Waals surface area (Å²) in [6.07, 6.45) is 1.55. The van der Waals surface area contributed by atoms with Crippen molar-refractivity contribution in [3.8, 4) is 0 Å². The largest absolute Gasteiger partial charge is 0.465 e. The van der Waals surface area contributed by atoms with Crippen molar-refractivity contribution in [1.82, 2.24) is 9.78 Å². The van der Waals surface area contributed by atoms with E-state index in [9.17, 15) is 9.59 Å². The molecule has 98 valence electrons. The third kappa shape index (κ3) is 2.79. The molecule has 0 aliphatic heterocycles. The zero-order valence-corrected chi connectivity index (χ0v) is 10.6. The van der Waals surface area contributed by atoms with E-state index >= 15 is 0 Å². The van der Waals surface area contributed by atoms with Gasteiger partial charge in [-0.25, -0.2) is 4.79 Å². The molecule has 1 aromatic heterocycles. The molecule has 1 N–H and O–H groups in total. The SMILES string of the molecule is COC(=O)c1ccc(NC(=O)c2ccnn2C)cc1. The molecule has 0 saturated carbocycles. The van der Waals surface area contributed by atoms with Crippen LogP contribution in [0.25, 0.3) is 0 Å². The van der Waals surface area contributed by atoms with E-state index < -0.39 is 5.97 Å². The summed E-state index contributed by atoms with van der Waals surface area (Å²) in [7, 11) is 3.01. The van der Waals surface area contributed by atoms with Crippen LogP contribution in [-0.4, -0.2) is 28.8 Å². The molecule has 0 radical (unpaired) electrons. The number of aryl methyl sites for hydroxylation is 1. The van der Waals surface area contributed by atoms with Crippen LogP contribution in [-0.2, 0) is 11.8 Å². The second-order valence-electron chi connectivity index (χ2n) is 3.86. The minimum Gasteiger partial charge on any atom is -0.465 e. The van der Waals surface area contributed by atoms with Gasteiger partial charge in [-0.15, -0.1) is 0 Å². The van der Waals surface area contributed by atoms with E-state index in [0.717, 1.165) is 0 Å². The molecule has 2 aromatic rings. The molecule has 19 heavy (non-hydrogen) atoms. The Morgan fingerprint density at radius 2 is 1.89 bits per heavy atom. The second kappa shape index (κ2) is 5.34. The van der Waals surface area contributed by atoms with Crippen molar-refractivity contribution in [2.75, 3.05) is 12.4 Å². The molecular weight excluding hydrogens is 246 g/mol. The fourth-order valence-electron chi connectivity index (χ4n) is 1.60. The molecular formula is C13H13N3O3. The molecule has 0 aliphatic carbocycles. The van der Waals surface area contributed by atoms with Gasteiger partial charge in [0.05, 0.1) is 12.7 Å². The Morgan fingerprint density at radius 3 is 2.42 bits per heavy atom. The molecule has 0 saturated heterocycles. The van der Waals surface area contributed by atoms with Crippen LogP contribution < -0.4 is 5.32 Å². The summed E-state index contributed by atoms with van der Waals surface area (Å²) in [6, 6.07) is 8.08. The maximum Gasteiger partial charge on any atom is 0.337 e. The molecule has 1 amide bonds. The molecule has 6 heteroatoms. The third-order valence-electron chi connectivity index (χ3n) is 2.62. The number of hydrogen-bond donors (Lipinski definition) is 1. The quantitative estimate of drug-likeness (QED) is 0.847. The van der Waals surface area contributed by atoms with Gasteiger partial charge in [0.25, 0.3) is 5.91 Å². The monoisotopic (exact) mass is 259 g/mol. The van der Waals surface area contributed by atoms with Crippen LogP contribution in [0.3, 0.4) is 0 Å². The van der Waals surface area contributed by atoms with E-state index in [1.807, 2.05) is 0 Å². The number of benzene rings is 1. The lowest BCUT2D eigenvalue weighted by molar-refractivity contribution is 0.0600. The van der Waals surface area contributed by atoms with Crippen molar-refractivity contribution in [2.45, 2.75) is 0 Å². The fraction of sp³-hybridized carbons (Fsp3) is 0.154. The number of amides is 1. The van der Waals surface area contributed by atoms with Gasteiger partial charge >= 0.3 is 5.97 Å². The first-order chi connectivity index (χ1) is 9.11. The van der Waals surface area contributed by atoms with Crippen molar-refractivity contribution in [3.05, 3.63) is 47.8 Å². The molecule has 1 aromatic carbocycles. The molecule has 0 spiro atoms. The number of rotatable bonds is 3. The van der Waals surface area contributed by atoms with Crippen LogP contribution in [0, 0.1) is 0 Å². The minimum absolute atomic E-state index is 0.259. The molecule has 2 rings (SSSR count). The van der Waals surface area contributed by atoms with Gasteiger partial charge in [0.15, 0.2) is 0 Å². The molecule has 0 atom stereocenters. The number of hydrogen-bond acceptors (Lipinski definition) is 4. The van der Waals surface area contributed by atoms with Crippen LogP contribution in [0.1, 0.15) is 20.8 Å². The number of nitrogens with one attached hydrogen (secondary N) is 1. The van der Waals surface area contributed by atoms with Crippen LogP contribution in [0.2, 0.25) is 0 Å². The van der Waals surface area contributed by atoms with Gasteiger partial charge < -0.3 is 10.1 Å². The fourth-order valence-corrected chi connectivity index (χ4v) is 1.60. The predicted octanol–water partition coefficient (Wildman–Crippen LogP) is 1.46. The van der Waals surface area contributed by atoms with Gasteiger partial charge in [-0.05, 0) is 30.3 Å². The minimum atomic E-state index is -0.412. The first kappa shape index (κ1) is 12.8. The Labute approximate surface area is 110 Å². The van der Waals surface area contributed by atoms with Crippen LogP contribution in [0.15, 0.2) is 36.5 Å². The summed E-state index contributed by atoms with van der Waals surface area (Å²) in [5.74, 6) is -0.671. The zero-order valence-electron chi connectivity index (χ0n) is 10.6. The smallest absolute Gasteiger partial charge is 0.337 e. The van der Waals surface area contributed by atoms with Gasteiger partial charge in [0.1, 0.15) is 5.69 Å². The summed E-state index contributed by atoms with van der Waals surface area (Å²) in [5, 5.41) is 6.64. The van der Waals surface area contributed by atoms with E-state index in [0.29, 0.717) is 16.9 Å². The molecule has 0 fully saturated rings. The van der Waals surface area contributed by atoms with E-state index in [1.54, 1.807) is 43.6 Å². The van der Waals surface area contributed by atoms with E-state index in [1.165, 1.54) is 11.8 Å². The number of nitrogens with zero attached hydrogens (tertiary/aromatic N) is 2. The number of carbonyl (C=O) groups excluding carboxylic acids is 2. The van der Waals surface area contributed by atoms with E-state index in [2.05, 4.69) is 15.2 Å². The van der Waals surface area contributed by atoms with Crippen molar-refractivity contribution in [1.29, 1.82) is 0 Å². The zero-order chi connectivity index (χ0) is 13.8. The number of methoxy groups -OCH3 is 1. The van der Waals surface area contributed by atoms with E-state index in [4.69, 9.17) is 0 Å². The Kier molecular flexibility index (Phi) is 3.61. The Morgan fingerprint density at radius 1 is 1.21 bits per heavy atom. The highest BCUT2D eigenvalue weighted by atomic mass is 16.5. The standard InChI is InChI=1S/C13H13N3O3/c1-16-11(7-8-14-16)12(17)15-10-5-3-9(4-6-10)13(18)19-2/h3-8H,1-2H3,(H,15,17). The van der Waals surface area contributed by atoms with E-state index in [-0.39, 0.29) is 5.91 Å². The molecule has 0 bridgehead atoms. The summed E-state index contributed by atoms with van der Waals surface area (Å²) < 4.78 is 6.08. The first-order valence-electron chi connectivity index (χ1n) is 5.59. The Bertz CT molecular complexity index is 602. The van der Waals surface area contributed by atoms with Crippen molar-refractivity contribution in [2.24, 2.45) is 7.05 Å². The molecule has 0 unspecified atom stereocenters. The highest BCUT2D eigenvalue weighted by Gasteiger charge is 2.10. The maximum atomic E-state index is 11.9. The number of aromatic nitrogens is 2. The lowest BCUT2D eigenvalue weighted by Crippen LogP contribution is -2.16. The van der Waals surface area contributed by atoms with Gasteiger partial charge in [-0.2, -0.15) is 5.10 Å². The topological polar surface area (TPSA) is 73.2 Å². The summed E-state index contributed by atoms with van der Waals surface area (Å²) in [5.41, 5.74) is 1.48. The highest BCUT2D eigenvalue weighted by Crippen LogP contribution is 2.11. The molecule has 6 nitrogen and oxygen atoms in total. The maximum absolute atomic E-state index is 11.9. The lowest BCUT2D eigenvalue weighted by atomic mass is 10.2. The average Bonchev–Trinajstić information content (AvgIpc) is 2.85. The summed E-state index contributed by atoms with van der Waals surface area (Å²) in [4.78, 5) is 23.2. The first-order valence-corrected chi connectivity index (χ1v) is 5.59. The van der Waals surface area contributed by atoms with Gasteiger partial charge in [0.2, 0.25) is 0 Å².